The van der Waals surface area contributed by atoms with E-state index >= 15 is 0 Å². The van der Waals surface area contributed by atoms with Crippen molar-refractivity contribution in [2.75, 3.05) is 18.4 Å². The molecule has 1 aliphatic rings. The van der Waals surface area contributed by atoms with Crippen LogP contribution in [0.3, 0.4) is 0 Å². The van der Waals surface area contributed by atoms with E-state index in [-0.39, 0.29) is 23.1 Å². The number of halogens is 2. The SMILES string of the molecule is CCN(CC)Cc1cc(NC2=NS(=O)(=O)c3ccccc32)ccc1OC(=O)c1ccccc1Br.[Cl-]. The Balaban J connectivity index is 0.00000342. The number of benzene rings is 3. The molecule has 3 aromatic rings. The molecule has 0 unspecified atom stereocenters. The van der Waals surface area contributed by atoms with Gasteiger partial charge in [-0.2, -0.15) is 8.42 Å². The average molecular weight is 578 g/mol. The van der Waals surface area contributed by atoms with Crippen LogP contribution in [0.15, 0.2) is 80.5 Å². The quantitative estimate of drug-likeness (QED) is 0.342. The van der Waals surface area contributed by atoms with Crippen molar-refractivity contribution in [3.8, 4) is 5.75 Å². The fourth-order valence-electron chi connectivity index (χ4n) is 3.68. The van der Waals surface area contributed by atoms with Crippen LogP contribution in [-0.2, 0) is 16.6 Å². The van der Waals surface area contributed by atoms with Gasteiger partial charge in [-0.05, 0) is 71.5 Å². The fourth-order valence-corrected chi connectivity index (χ4v) is 5.31. The molecule has 1 aliphatic heterocycles. The Bertz CT molecular complexity index is 1370. The molecule has 0 saturated heterocycles. The molecule has 0 atom stereocenters. The van der Waals surface area contributed by atoms with Crippen molar-refractivity contribution in [2.24, 2.45) is 4.40 Å². The Morgan fingerprint density at radius 2 is 1.71 bits per heavy atom. The lowest BCUT2D eigenvalue weighted by atomic mass is 10.1. The van der Waals surface area contributed by atoms with Crippen molar-refractivity contribution < 1.29 is 30.4 Å². The van der Waals surface area contributed by atoms with Gasteiger partial charge >= 0.3 is 5.97 Å². The maximum absolute atomic E-state index is 12.8. The van der Waals surface area contributed by atoms with Gasteiger partial charge in [-0.1, -0.05) is 38.1 Å². The lowest BCUT2D eigenvalue weighted by Crippen LogP contribution is -3.00. The van der Waals surface area contributed by atoms with E-state index in [1.165, 1.54) is 0 Å². The van der Waals surface area contributed by atoms with Crippen molar-refractivity contribution in [2.45, 2.75) is 25.3 Å². The number of ether oxygens (including phenoxy) is 1. The van der Waals surface area contributed by atoms with Gasteiger partial charge in [0.05, 0.1) is 5.56 Å². The van der Waals surface area contributed by atoms with Crippen LogP contribution >= 0.6 is 15.9 Å². The number of rotatable bonds is 7. The van der Waals surface area contributed by atoms with E-state index in [2.05, 4.69) is 44.4 Å². The molecule has 0 fully saturated rings. The van der Waals surface area contributed by atoms with Gasteiger partial charge in [-0.25, -0.2) is 4.79 Å². The molecule has 0 saturated carbocycles. The Hall–Kier alpha value is -2.72. The second-order valence-corrected chi connectivity index (χ2v) is 10.1. The average Bonchev–Trinajstić information content (AvgIpc) is 3.09. The molecular formula is C25H24BrClN3O4S-. The van der Waals surface area contributed by atoms with Crippen LogP contribution in [0.1, 0.15) is 35.3 Å². The summed E-state index contributed by atoms with van der Waals surface area (Å²) in [5.41, 5.74) is 2.40. The summed E-state index contributed by atoms with van der Waals surface area (Å²) >= 11 is 3.39. The minimum atomic E-state index is -3.73. The number of anilines is 1. The second-order valence-electron chi connectivity index (χ2n) is 7.69. The Morgan fingerprint density at radius 3 is 2.43 bits per heavy atom. The minimum Gasteiger partial charge on any atom is -1.00 e. The van der Waals surface area contributed by atoms with Crippen molar-refractivity contribution in [1.29, 1.82) is 0 Å². The number of nitrogens with one attached hydrogen (secondary N) is 1. The number of hydrogen-bond acceptors (Lipinski definition) is 6. The first-order valence-corrected chi connectivity index (χ1v) is 13.1. The van der Waals surface area contributed by atoms with Gasteiger partial charge in [0.2, 0.25) is 0 Å². The molecule has 0 radical (unpaired) electrons. The van der Waals surface area contributed by atoms with E-state index in [0.717, 1.165) is 18.7 Å². The number of carbonyl (C=O) groups excluding carboxylic acids is 1. The Labute approximate surface area is 219 Å². The third-order valence-corrected chi connectivity index (χ3v) is 7.57. The molecular weight excluding hydrogens is 554 g/mol. The highest BCUT2D eigenvalue weighted by molar-refractivity contribution is 9.10. The van der Waals surface area contributed by atoms with Crippen LogP contribution in [0, 0.1) is 0 Å². The van der Waals surface area contributed by atoms with Crippen molar-refractivity contribution in [1.82, 2.24) is 4.90 Å². The zero-order chi connectivity index (χ0) is 24.3. The lowest BCUT2D eigenvalue weighted by Gasteiger charge is -2.21. The Kier molecular flexibility index (Phi) is 8.71. The van der Waals surface area contributed by atoms with Crippen LogP contribution in [-0.4, -0.2) is 38.2 Å². The maximum atomic E-state index is 12.8. The molecule has 7 nitrogen and oxygen atoms in total. The summed E-state index contributed by atoms with van der Waals surface area (Å²) in [6.07, 6.45) is 0. The standard InChI is InChI=1S/C25H24BrN3O4S.ClH/c1-3-29(4-2)16-17-15-18(27-24-20-10-6-8-12-23(20)34(31,32)28-24)13-14-22(17)33-25(30)19-9-5-7-11-21(19)26;/h5-15H,3-4,16H2,1-2H3,(H,27,28);1H/p-1. The Morgan fingerprint density at radius 1 is 1.03 bits per heavy atom. The molecule has 0 aliphatic carbocycles. The van der Waals surface area contributed by atoms with Gasteiger partial charge in [0.1, 0.15) is 10.6 Å². The smallest absolute Gasteiger partial charge is 0.344 e. The maximum Gasteiger partial charge on any atom is 0.344 e. The summed E-state index contributed by atoms with van der Waals surface area (Å²) in [5.74, 6) is 0.246. The highest BCUT2D eigenvalue weighted by Crippen LogP contribution is 2.30. The molecule has 184 valence electrons. The van der Waals surface area contributed by atoms with E-state index in [1.54, 1.807) is 54.6 Å². The van der Waals surface area contributed by atoms with E-state index in [0.29, 0.717) is 33.6 Å². The third kappa shape index (κ3) is 5.92. The van der Waals surface area contributed by atoms with E-state index < -0.39 is 16.0 Å². The molecule has 10 heteroatoms. The van der Waals surface area contributed by atoms with Gasteiger partial charge in [-0.15, -0.1) is 4.40 Å². The number of amidine groups is 1. The summed E-state index contributed by atoms with van der Waals surface area (Å²) in [6.45, 7) is 6.33. The number of nitrogens with zero attached hydrogens (tertiary/aromatic N) is 2. The summed E-state index contributed by atoms with van der Waals surface area (Å²) in [7, 11) is -3.73. The monoisotopic (exact) mass is 576 g/mol. The predicted molar refractivity (Wildman–Crippen MR) is 136 cm³/mol. The first kappa shape index (κ1) is 26.9. The lowest BCUT2D eigenvalue weighted by molar-refractivity contribution is -0.0000220. The molecule has 35 heavy (non-hydrogen) atoms. The zero-order valence-corrected chi connectivity index (χ0v) is 22.3. The highest BCUT2D eigenvalue weighted by Gasteiger charge is 2.28. The van der Waals surface area contributed by atoms with Gasteiger partial charge in [0.15, 0.2) is 5.84 Å². The van der Waals surface area contributed by atoms with Gasteiger partial charge in [0.25, 0.3) is 10.0 Å². The minimum absolute atomic E-state index is 0. The number of esters is 1. The first-order valence-electron chi connectivity index (χ1n) is 10.9. The zero-order valence-electron chi connectivity index (χ0n) is 19.2. The van der Waals surface area contributed by atoms with Crippen LogP contribution in [0.2, 0.25) is 0 Å². The summed E-state index contributed by atoms with van der Waals surface area (Å²) < 4.78 is 35.1. The molecule has 1 heterocycles. The predicted octanol–water partition coefficient (Wildman–Crippen LogP) is 2.08. The first-order chi connectivity index (χ1) is 16.3. The molecule has 0 bridgehead atoms. The number of sulfonamides is 1. The summed E-state index contributed by atoms with van der Waals surface area (Å²) in [4.78, 5) is 15.2. The van der Waals surface area contributed by atoms with Gasteiger partial charge < -0.3 is 22.5 Å². The topological polar surface area (TPSA) is 88.1 Å². The largest absolute Gasteiger partial charge is 1.00 e. The molecule has 0 amide bonds. The van der Waals surface area contributed by atoms with Crippen molar-refractivity contribution in [3.05, 3.63) is 87.9 Å². The van der Waals surface area contributed by atoms with E-state index in [9.17, 15) is 13.2 Å². The van der Waals surface area contributed by atoms with Crippen molar-refractivity contribution in [3.63, 3.8) is 0 Å². The molecule has 0 aromatic heterocycles. The van der Waals surface area contributed by atoms with Gasteiger partial charge in [0, 0.05) is 27.8 Å². The molecule has 4 rings (SSSR count). The molecule has 1 N–H and O–H groups in total. The fraction of sp³-hybridized carbons (Fsp3) is 0.200. The third-order valence-electron chi connectivity index (χ3n) is 5.54. The number of hydrogen-bond donors (Lipinski definition) is 1. The van der Waals surface area contributed by atoms with Gasteiger partial charge in [-0.3, -0.25) is 4.90 Å². The molecule has 3 aromatic carbocycles. The number of carbonyl (C=O) groups is 1. The van der Waals surface area contributed by atoms with Crippen LogP contribution in [0.4, 0.5) is 5.69 Å². The summed E-state index contributed by atoms with van der Waals surface area (Å²) in [6, 6.07) is 19.1. The summed E-state index contributed by atoms with van der Waals surface area (Å²) in [5, 5.41) is 3.13. The normalized spacial score (nSPS) is 13.5. The second kappa shape index (κ2) is 11.3. The van der Waals surface area contributed by atoms with E-state index in [4.69, 9.17) is 4.74 Å². The van der Waals surface area contributed by atoms with Crippen molar-refractivity contribution >= 4 is 43.4 Å². The van der Waals surface area contributed by atoms with Crippen LogP contribution in [0.5, 0.6) is 5.75 Å². The van der Waals surface area contributed by atoms with Crippen LogP contribution in [0.25, 0.3) is 0 Å². The van der Waals surface area contributed by atoms with E-state index in [1.807, 2.05) is 12.1 Å². The van der Waals surface area contributed by atoms with Crippen LogP contribution < -0.4 is 22.5 Å². The highest BCUT2D eigenvalue weighted by atomic mass is 79.9. The number of fused-ring (bicyclic) bond motifs is 1. The molecule has 0 spiro atoms.